The molecule has 0 radical (unpaired) electrons. The number of hydrogen-bond acceptors (Lipinski definition) is 3. The zero-order chi connectivity index (χ0) is 14.0. The van der Waals surface area contributed by atoms with Crippen LogP contribution in [-0.4, -0.2) is 16.0 Å². The summed E-state index contributed by atoms with van der Waals surface area (Å²) in [6, 6.07) is 10.4. The van der Waals surface area contributed by atoms with E-state index in [9.17, 15) is 9.59 Å². The first-order valence-electron chi connectivity index (χ1n) is 5.19. The lowest BCUT2D eigenvalue weighted by Gasteiger charge is -2.12. The molecule has 0 spiro atoms. The van der Waals surface area contributed by atoms with Gasteiger partial charge in [-0.2, -0.15) is 0 Å². The highest BCUT2D eigenvalue weighted by atomic mass is 35.6. The van der Waals surface area contributed by atoms with E-state index >= 15 is 0 Å². The van der Waals surface area contributed by atoms with E-state index < -0.39 is 9.76 Å². The Balaban J connectivity index is 2.50. The molecule has 2 rings (SSSR count). The number of esters is 1. The van der Waals surface area contributed by atoms with Gasteiger partial charge in [0, 0.05) is 0 Å². The van der Waals surface area contributed by atoms with Gasteiger partial charge in [-0.05, 0) is 16.8 Å². The Hall–Kier alpha value is -1.29. The largest absolute Gasteiger partial charge is 0.423 e. The summed E-state index contributed by atoms with van der Waals surface area (Å²) in [5.41, 5.74) is 0.237. The third kappa shape index (κ3) is 3.00. The highest BCUT2D eigenvalue weighted by Gasteiger charge is 2.33. The third-order valence-corrected chi connectivity index (χ3v) is 2.95. The molecule has 2 aromatic carbocycles. The third-order valence-electron chi connectivity index (χ3n) is 2.48. The van der Waals surface area contributed by atoms with Gasteiger partial charge in [0.1, 0.15) is 5.75 Å². The Kier molecular flexibility index (Phi) is 3.99. The van der Waals surface area contributed by atoms with Crippen molar-refractivity contribution >= 4 is 57.8 Å². The predicted octanol–water partition coefficient (Wildman–Crippen LogP) is 3.93. The van der Waals surface area contributed by atoms with Gasteiger partial charge >= 0.3 is 5.97 Å². The molecule has 0 saturated heterocycles. The molecular formula is C13H7Cl3O3. The van der Waals surface area contributed by atoms with E-state index in [2.05, 4.69) is 0 Å². The number of carbonyl (C=O) groups excluding carboxylic acids is 2. The van der Waals surface area contributed by atoms with Gasteiger partial charge in [0.05, 0.1) is 5.56 Å². The minimum absolute atomic E-state index is 0.0602. The van der Waals surface area contributed by atoms with Crippen LogP contribution in [0.25, 0.3) is 10.8 Å². The maximum atomic E-state index is 11.5. The smallest absolute Gasteiger partial charge is 0.363 e. The second kappa shape index (κ2) is 5.37. The molecule has 0 fully saturated rings. The Morgan fingerprint density at radius 3 is 2.42 bits per heavy atom. The lowest BCUT2D eigenvalue weighted by Crippen LogP contribution is -2.25. The molecule has 0 aliphatic rings. The average molecular weight is 318 g/mol. The van der Waals surface area contributed by atoms with Crippen LogP contribution in [0.2, 0.25) is 0 Å². The summed E-state index contributed by atoms with van der Waals surface area (Å²) in [6.45, 7) is 0. The van der Waals surface area contributed by atoms with Crippen LogP contribution in [0.3, 0.4) is 0 Å². The van der Waals surface area contributed by atoms with Gasteiger partial charge in [-0.3, -0.25) is 4.79 Å². The van der Waals surface area contributed by atoms with Gasteiger partial charge in [-0.15, -0.1) is 0 Å². The topological polar surface area (TPSA) is 43.4 Å². The second-order valence-electron chi connectivity index (χ2n) is 3.70. The number of rotatable bonds is 2. The Morgan fingerprint density at radius 2 is 1.79 bits per heavy atom. The van der Waals surface area contributed by atoms with Crippen molar-refractivity contribution in [3.63, 3.8) is 0 Å². The Morgan fingerprint density at radius 1 is 1.11 bits per heavy atom. The highest BCUT2D eigenvalue weighted by molar-refractivity contribution is 6.75. The first-order valence-corrected chi connectivity index (χ1v) is 6.33. The van der Waals surface area contributed by atoms with Gasteiger partial charge in [-0.25, -0.2) is 4.79 Å². The summed E-state index contributed by atoms with van der Waals surface area (Å²) < 4.78 is 2.75. The number of benzene rings is 2. The molecule has 2 aromatic rings. The van der Waals surface area contributed by atoms with E-state index in [1.807, 2.05) is 12.1 Å². The summed E-state index contributed by atoms with van der Waals surface area (Å²) in [6.07, 6.45) is 0.601. The first-order chi connectivity index (χ1) is 8.93. The van der Waals surface area contributed by atoms with E-state index in [-0.39, 0.29) is 11.3 Å². The average Bonchev–Trinajstić information content (AvgIpc) is 2.37. The first kappa shape index (κ1) is 14.1. The lowest BCUT2D eigenvalue weighted by molar-refractivity contribution is -0.133. The summed E-state index contributed by atoms with van der Waals surface area (Å²) >= 11 is 16.2. The van der Waals surface area contributed by atoms with Crippen molar-refractivity contribution in [1.29, 1.82) is 0 Å². The molecule has 0 unspecified atom stereocenters. The van der Waals surface area contributed by atoms with Crippen LogP contribution in [-0.2, 0) is 4.79 Å². The molecule has 0 aliphatic carbocycles. The molecule has 0 heterocycles. The minimum atomic E-state index is -2.19. The van der Waals surface area contributed by atoms with Gasteiger partial charge < -0.3 is 4.74 Å². The molecule has 19 heavy (non-hydrogen) atoms. The molecule has 0 N–H and O–H groups in total. The van der Waals surface area contributed by atoms with Gasteiger partial charge in [0.2, 0.25) is 0 Å². The molecule has 3 nitrogen and oxygen atoms in total. The molecule has 0 aliphatic heterocycles. The van der Waals surface area contributed by atoms with Crippen molar-refractivity contribution in [3.05, 3.63) is 42.0 Å². The molecule has 0 atom stereocenters. The maximum Gasteiger partial charge on any atom is 0.363 e. The minimum Gasteiger partial charge on any atom is -0.423 e. The van der Waals surface area contributed by atoms with Crippen LogP contribution in [0.15, 0.2) is 36.4 Å². The number of halogens is 3. The quantitative estimate of drug-likeness (QED) is 0.365. The van der Waals surface area contributed by atoms with E-state index in [0.717, 1.165) is 5.39 Å². The van der Waals surface area contributed by atoms with E-state index in [1.54, 1.807) is 18.2 Å². The summed E-state index contributed by atoms with van der Waals surface area (Å²) in [5, 5.41) is 1.51. The number of hydrogen-bond donors (Lipinski definition) is 0. The van der Waals surface area contributed by atoms with Crippen LogP contribution in [0.1, 0.15) is 10.4 Å². The zero-order valence-electron chi connectivity index (χ0n) is 9.40. The molecule has 0 amide bonds. The fourth-order valence-corrected chi connectivity index (χ4v) is 1.76. The Labute approximate surface area is 124 Å². The van der Waals surface area contributed by atoms with Crippen LogP contribution < -0.4 is 4.74 Å². The van der Waals surface area contributed by atoms with Gasteiger partial charge in [0.25, 0.3) is 3.79 Å². The maximum absolute atomic E-state index is 11.5. The van der Waals surface area contributed by atoms with Crippen molar-refractivity contribution in [3.8, 4) is 5.75 Å². The fraction of sp³-hybridized carbons (Fsp3) is 0.0769. The molecule has 98 valence electrons. The highest BCUT2D eigenvalue weighted by Crippen LogP contribution is 2.31. The van der Waals surface area contributed by atoms with Crippen LogP contribution in [0.4, 0.5) is 0 Å². The second-order valence-corrected chi connectivity index (χ2v) is 5.98. The van der Waals surface area contributed by atoms with Gasteiger partial charge in [-0.1, -0.05) is 65.1 Å². The van der Waals surface area contributed by atoms with Crippen molar-refractivity contribution < 1.29 is 14.3 Å². The molecule has 0 bridgehead atoms. The van der Waals surface area contributed by atoms with Gasteiger partial charge in [0.15, 0.2) is 6.29 Å². The molecule has 0 aromatic heterocycles. The standard InChI is InChI=1S/C13H7Cl3O3/c14-13(15,16)12(18)19-11-6-5-8-3-1-2-4-9(8)10(11)7-17/h1-7H. The number of fused-ring (bicyclic) bond motifs is 1. The lowest BCUT2D eigenvalue weighted by atomic mass is 10.0. The number of alkyl halides is 3. The normalized spacial score (nSPS) is 11.3. The van der Waals surface area contributed by atoms with E-state index in [0.29, 0.717) is 11.7 Å². The van der Waals surface area contributed by atoms with Crippen LogP contribution >= 0.6 is 34.8 Å². The van der Waals surface area contributed by atoms with E-state index in [1.165, 1.54) is 6.07 Å². The SMILES string of the molecule is O=Cc1c(OC(=O)C(Cl)(Cl)Cl)ccc2ccccc12. The van der Waals surface area contributed by atoms with Crippen molar-refractivity contribution in [1.82, 2.24) is 0 Å². The van der Waals surface area contributed by atoms with Crippen molar-refractivity contribution in [2.45, 2.75) is 3.79 Å². The van der Waals surface area contributed by atoms with E-state index in [4.69, 9.17) is 39.5 Å². The number of ether oxygens (including phenoxy) is 1. The van der Waals surface area contributed by atoms with Crippen LogP contribution in [0, 0.1) is 0 Å². The Bertz CT molecular complexity index is 647. The number of carbonyl (C=O) groups is 2. The molecule has 0 saturated carbocycles. The fourth-order valence-electron chi connectivity index (χ4n) is 1.64. The molecule has 6 heteroatoms. The van der Waals surface area contributed by atoms with Crippen molar-refractivity contribution in [2.75, 3.05) is 0 Å². The monoisotopic (exact) mass is 316 g/mol. The molecular weight excluding hydrogens is 310 g/mol. The van der Waals surface area contributed by atoms with Crippen molar-refractivity contribution in [2.24, 2.45) is 0 Å². The summed E-state index contributed by atoms with van der Waals surface area (Å²) in [7, 11) is 0. The predicted molar refractivity (Wildman–Crippen MR) is 75.3 cm³/mol. The summed E-state index contributed by atoms with van der Waals surface area (Å²) in [4.78, 5) is 22.7. The summed E-state index contributed by atoms with van der Waals surface area (Å²) in [5.74, 6) is -0.999. The zero-order valence-corrected chi connectivity index (χ0v) is 11.7. The number of aldehydes is 1. The van der Waals surface area contributed by atoms with Crippen LogP contribution in [0.5, 0.6) is 5.75 Å².